The Labute approximate surface area is 82.7 Å². The van der Waals surface area contributed by atoms with Crippen LogP contribution < -0.4 is 5.32 Å². The molecule has 0 saturated heterocycles. The van der Waals surface area contributed by atoms with Gasteiger partial charge >= 0.3 is 0 Å². The van der Waals surface area contributed by atoms with Crippen molar-refractivity contribution in [1.29, 1.82) is 0 Å². The van der Waals surface area contributed by atoms with Crippen LogP contribution in [0.5, 0.6) is 0 Å². The van der Waals surface area contributed by atoms with E-state index in [1.165, 1.54) is 0 Å². The highest BCUT2D eigenvalue weighted by atomic mass is 35.5. The SMILES string of the molecule is C/C(=C/Cl)CNCc1cc(C)on1. The molecule has 72 valence electrons. The van der Waals surface area contributed by atoms with Crippen molar-refractivity contribution in [3.8, 4) is 0 Å². The Morgan fingerprint density at radius 3 is 3.08 bits per heavy atom. The van der Waals surface area contributed by atoms with Crippen molar-refractivity contribution in [2.24, 2.45) is 0 Å². The lowest BCUT2D eigenvalue weighted by molar-refractivity contribution is 0.388. The zero-order chi connectivity index (χ0) is 9.68. The zero-order valence-electron chi connectivity index (χ0n) is 7.80. The Morgan fingerprint density at radius 1 is 1.77 bits per heavy atom. The zero-order valence-corrected chi connectivity index (χ0v) is 8.56. The first kappa shape index (κ1) is 10.3. The van der Waals surface area contributed by atoms with Gasteiger partial charge in [-0.15, -0.1) is 0 Å². The third kappa shape index (κ3) is 3.61. The predicted molar refractivity (Wildman–Crippen MR) is 52.6 cm³/mol. The first-order valence-electron chi connectivity index (χ1n) is 4.11. The maximum absolute atomic E-state index is 5.50. The van der Waals surface area contributed by atoms with Crippen LogP contribution in [0.4, 0.5) is 0 Å². The number of rotatable bonds is 4. The van der Waals surface area contributed by atoms with Gasteiger partial charge in [0.25, 0.3) is 0 Å². The lowest BCUT2D eigenvalue weighted by Gasteiger charge is -2.00. The van der Waals surface area contributed by atoms with Crippen molar-refractivity contribution < 1.29 is 4.52 Å². The topological polar surface area (TPSA) is 38.1 Å². The summed E-state index contributed by atoms with van der Waals surface area (Å²) in [6, 6.07) is 1.91. The molecule has 3 nitrogen and oxygen atoms in total. The number of hydrogen-bond donors (Lipinski definition) is 1. The summed E-state index contributed by atoms with van der Waals surface area (Å²) in [5.74, 6) is 0.835. The van der Waals surface area contributed by atoms with E-state index in [2.05, 4.69) is 10.5 Å². The number of nitrogens with one attached hydrogen (secondary N) is 1. The summed E-state index contributed by atoms with van der Waals surface area (Å²) in [5, 5.41) is 7.04. The molecule has 0 aliphatic carbocycles. The van der Waals surface area contributed by atoms with E-state index >= 15 is 0 Å². The molecule has 0 fully saturated rings. The van der Waals surface area contributed by atoms with Crippen LogP contribution in [-0.2, 0) is 6.54 Å². The van der Waals surface area contributed by atoms with Crippen molar-refractivity contribution in [3.05, 3.63) is 28.6 Å². The summed E-state index contributed by atoms with van der Waals surface area (Å²) in [7, 11) is 0. The van der Waals surface area contributed by atoms with E-state index in [9.17, 15) is 0 Å². The molecule has 1 heterocycles. The maximum atomic E-state index is 5.50. The van der Waals surface area contributed by atoms with Gasteiger partial charge in [-0.05, 0) is 19.4 Å². The summed E-state index contributed by atoms with van der Waals surface area (Å²) in [4.78, 5) is 0. The molecule has 1 aromatic rings. The second kappa shape index (κ2) is 5.04. The molecule has 0 amide bonds. The normalized spacial score (nSPS) is 12.1. The first-order chi connectivity index (χ1) is 6.22. The van der Waals surface area contributed by atoms with Gasteiger partial charge in [0.15, 0.2) is 0 Å². The summed E-state index contributed by atoms with van der Waals surface area (Å²) in [6.07, 6.45) is 0. The number of aromatic nitrogens is 1. The Hall–Kier alpha value is -0.800. The van der Waals surface area contributed by atoms with E-state index in [1.807, 2.05) is 19.9 Å². The van der Waals surface area contributed by atoms with Crippen LogP contribution in [-0.4, -0.2) is 11.7 Å². The fourth-order valence-electron chi connectivity index (χ4n) is 0.928. The van der Waals surface area contributed by atoms with Crippen LogP contribution in [0.3, 0.4) is 0 Å². The van der Waals surface area contributed by atoms with Gasteiger partial charge in [0.05, 0.1) is 5.69 Å². The quantitative estimate of drug-likeness (QED) is 0.810. The van der Waals surface area contributed by atoms with E-state index in [1.54, 1.807) is 5.54 Å². The van der Waals surface area contributed by atoms with Gasteiger partial charge in [0, 0.05) is 24.7 Å². The largest absolute Gasteiger partial charge is 0.361 e. The lowest BCUT2D eigenvalue weighted by atomic mass is 10.3. The van der Waals surface area contributed by atoms with Gasteiger partial charge in [-0.25, -0.2) is 0 Å². The Morgan fingerprint density at radius 2 is 2.54 bits per heavy atom. The van der Waals surface area contributed by atoms with Gasteiger partial charge in [-0.1, -0.05) is 16.8 Å². The van der Waals surface area contributed by atoms with E-state index in [-0.39, 0.29) is 0 Å². The first-order valence-corrected chi connectivity index (χ1v) is 4.55. The molecule has 0 aliphatic rings. The Bertz CT molecular complexity index is 294. The van der Waals surface area contributed by atoms with E-state index < -0.39 is 0 Å². The van der Waals surface area contributed by atoms with Crippen molar-refractivity contribution >= 4 is 11.6 Å². The molecular weight excluding hydrogens is 188 g/mol. The van der Waals surface area contributed by atoms with Gasteiger partial charge in [-0.2, -0.15) is 0 Å². The average Bonchev–Trinajstić information content (AvgIpc) is 2.51. The molecule has 0 aliphatic heterocycles. The smallest absolute Gasteiger partial charge is 0.133 e. The maximum Gasteiger partial charge on any atom is 0.133 e. The molecule has 4 heteroatoms. The second-order valence-electron chi connectivity index (χ2n) is 2.99. The minimum Gasteiger partial charge on any atom is -0.361 e. The fraction of sp³-hybridized carbons (Fsp3) is 0.444. The van der Waals surface area contributed by atoms with Gasteiger partial charge in [0.2, 0.25) is 0 Å². The lowest BCUT2D eigenvalue weighted by Crippen LogP contribution is -2.15. The fourth-order valence-corrected chi connectivity index (χ4v) is 1.00. The number of halogens is 1. The second-order valence-corrected chi connectivity index (χ2v) is 3.21. The molecule has 1 aromatic heterocycles. The Kier molecular flexibility index (Phi) is 3.99. The Balaban J connectivity index is 2.28. The van der Waals surface area contributed by atoms with E-state index in [4.69, 9.17) is 16.1 Å². The molecular formula is C9H13ClN2O. The van der Waals surface area contributed by atoms with Crippen LogP contribution in [0.2, 0.25) is 0 Å². The number of hydrogen-bond acceptors (Lipinski definition) is 3. The minimum atomic E-state index is 0.708. The molecule has 0 atom stereocenters. The van der Waals surface area contributed by atoms with Crippen molar-refractivity contribution in [2.45, 2.75) is 20.4 Å². The highest BCUT2D eigenvalue weighted by Crippen LogP contribution is 2.01. The molecule has 13 heavy (non-hydrogen) atoms. The van der Waals surface area contributed by atoms with Crippen LogP contribution in [0.15, 0.2) is 21.7 Å². The van der Waals surface area contributed by atoms with Crippen LogP contribution in [0.1, 0.15) is 18.4 Å². The summed E-state index contributed by atoms with van der Waals surface area (Å²) in [5.41, 5.74) is 3.59. The summed E-state index contributed by atoms with van der Waals surface area (Å²) >= 11 is 5.50. The highest BCUT2D eigenvalue weighted by Gasteiger charge is 1.98. The predicted octanol–water partition coefficient (Wildman–Crippen LogP) is 2.22. The van der Waals surface area contributed by atoms with E-state index in [0.717, 1.165) is 23.6 Å². The van der Waals surface area contributed by atoms with Crippen molar-refractivity contribution in [3.63, 3.8) is 0 Å². The third-order valence-corrected chi connectivity index (χ3v) is 1.95. The molecule has 0 radical (unpaired) electrons. The van der Waals surface area contributed by atoms with Gasteiger partial charge < -0.3 is 9.84 Å². The molecule has 1 N–H and O–H groups in total. The molecule has 0 saturated carbocycles. The summed E-state index contributed by atoms with van der Waals surface area (Å²) in [6.45, 7) is 5.32. The molecule has 0 unspecified atom stereocenters. The van der Waals surface area contributed by atoms with Crippen molar-refractivity contribution in [2.75, 3.05) is 6.54 Å². The average molecular weight is 201 g/mol. The number of aryl methyl sites for hydroxylation is 1. The van der Waals surface area contributed by atoms with Crippen LogP contribution in [0, 0.1) is 6.92 Å². The number of nitrogens with zero attached hydrogens (tertiary/aromatic N) is 1. The molecule has 1 rings (SSSR count). The summed E-state index contributed by atoms with van der Waals surface area (Å²) < 4.78 is 4.92. The van der Waals surface area contributed by atoms with E-state index in [0.29, 0.717) is 6.54 Å². The molecule has 0 spiro atoms. The molecule has 0 aromatic carbocycles. The van der Waals surface area contributed by atoms with Crippen LogP contribution >= 0.6 is 11.6 Å². The highest BCUT2D eigenvalue weighted by molar-refractivity contribution is 6.25. The standard InChI is InChI=1S/C9H13ClN2O/c1-7(4-10)5-11-6-9-3-8(2)13-12-9/h3-4,11H,5-6H2,1-2H3/b7-4-. The molecule has 0 bridgehead atoms. The van der Waals surface area contributed by atoms with Crippen LogP contribution in [0.25, 0.3) is 0 Å². The van der Waals surface area contributed by atoms with Gasteiger partial charge in [0.1, 0.15) is 5.76 Å². The van der Waals surface area contributed by atoms with Gasteiger partial charge in [-0.3, -0.25) is 0 Å². The monoisotopic (exact) mass is 200 g/mol. The minimum absolute atomic E-state index is 0.708. The van der Waals surface area contributed by atoms with Crippen molar-refractivity contribution in [1.82, 2.24) is 10.5 Å². The third-order valence-electron chi connectivity index (χ3n) is 1.57.